The molecule has 2 aliphatic heterocycles. The molecule has 0 amide bonds. The van der Waals surface area contributed by atoms with Crippen molar-refractivity contribution in [3.8, 4) is 0 Å². The molecule has 4 heterocycles. The molecule has 0 saturated carbocycles. The van der Waals surface area contributed by atoms with Crippen molar-refractivity contribution in [1.29, 1.82) is 0 Å². The molecule has 21 heavy (non-hydrogen) atoms. The number of nitrogens with one attached hydrogen (secondary N) is 2. The zero-order valence-corrected chi connectivity index (χ0v) is 12.8. The Balaban J connectivity index is 1.57. The summed E-state index contributed by atoms with van der Waals surface area (Å²) in [5.41, 5.74) is 0.827. The molecule has 4 rings (SSSR count). The van der Waals surface area contributed by atoms with Crippen molar-refractivity contribution < 1.29 is 0 Å². The van der Waals surface area contributed by atoms with E-state index in [1.165, 1.54) is 37.0 Å². The van der Waals surface area contributed by atoms with Crippen molar-refractivity contribution in [3.05, 3.63) is 27.6 Å². The van der Waals surface area contributed by atoms with E-state index < -0.39 is 0 Å². The summed E-state index contributed by atoms with van der Waals surface area (Å²) in [5, 5.41) is 5.55. The fourth-order valence-electron chi connectivity index (χ4n) is 3.73. The van der Waals surface area contributed by atoms with Crippen LogP contribution in [0.15, 0.2) is 16.2 Å². The second kappa shape index (κ2) is 5.51. The first kappa shape index (κ1) is 13.4. The van der Waals surface area contributed by atoms with E-state index in [1.807, 2.05) is 11.4 Å². The Morgan fingerprint density at radius 1 is 1.38 bits per heavy atom. The van der Waals surface area contributed by atoms with Gasteiger partial charge in [0.25, 0.3) is 5.56 Å². The average molecular weight is 304 g/mol. The molecule has 112 valence electrons. The smallest absolute Gasteiger partial charge is 0.268 e. The fourth-order valence-corrected chi connectivity index (χ4v) is 4.46. The zero-order valence-electron chi connectivity index (χ0n) is 12.0. The highest BCUT2D eigenvalue weighted by Crippen LogP contribution is 2.26. The maximum absolute atomic E-state index is 12.1. The van der Waals surface area contributed by atoms with Crippen molar-refractivity contribution in [2.45, 2.75) is 44.3 Å². The molecule has 2 N–H and O–H groups in total. The van der Waals surface area contributed by atoms with Crippen LogP contribution in [0.25, 0.3) is 10.2 Å². The van der Waals surface area contributed by atoms with Gasteiger partial charge in [-0.1, -0.05) is 0 Å². The summed E-state index contributed by atoms with van der Waals surface area (Å²) in [7, 11) is 0. The Hall–Kier alpha value is -1.24. The maximum atomic E-state index is 12.1. The van der Waals surface area contributed by atoms with E-state index in [9.17, 15) is 4.79 Å². The van der Waals surface area contributed by atoms with Crippen molar-refractivity contribution in [2.75, 3.05) is 13.1 Å². The van der Waals surface area contributed by atoms with Gasteiger partial charge in [-0.15, -0.1) is 11.3 Å². The molecule has 0 spiro atoms. The monoisotopic (exact) mass is 304 g/mol. The first-order chi connectivity index (χ1) is 10.3. The molecule has 0 bridgehead atoms. The molecule has 2 aliphatic rings. The van der Waals surface area contributed by atoms with Gasteiger partial charge in [-0.05, 0) is 50.2 Å². The van der Waals surface area contributed by atoms with Crippen LogP contribution in [0, 0.1) is 0 Å². The Morgan fingerprint density at radius 2 is 2.33 bits per heavy atom. The van der Waals surface area contributed by atoms with Gasteiger partial charge in [-0.2, -0.15) is 0 Å². The maximum Gasteiger partial charge on any atom is 0.268 e. The van der Waals surface area contributed by atoms with Crippen LogP contribution in [0.4, 0.5) is 0 Å². The van der Waals surface area contributed by atoms with Gasteiger partial charge in [0.05, 0.1) is 12.1 Å². The SMILES string of the molecule is O=c1[nH]c(CN2CCCC2C2CCCN2)nc2ccsc12. The minimum atomic E-state index is -0.000242. The summed E-state index contributed by atoms with van der Waals surface area (Å²) < 4.78 is 0.731. The standard InChI is InChI=1S/C15H20N4OS/c20-15-14-11(5-8-21-14)17-13(18-15)9-19-7-2-4-12(19)10-3-1-6-16-10/h5,8,10,12,16H,1-4,6-7,9H2,(H,17,18,20). The van der Waals surface area contributed by atoms with E-state index in [2.05, 4.69) is 20.2 Å². The molecule has 6 heteroatoms. The molecule has 0 aromatic carbocycles. The second-order valence-corrected chi connectivity index (χ2v) is 6.95. The number of likely N-dealkylation sites (tertiary alicyclic amines) is 1. The fraction of sp³-hybridized carbons (Fsp3) is 0.600. The van der Waals surface area contributed by atoms with E-state index in [0.29, 0.717) is 12.1 Å². The van der Waals surface area contributed by atoms with Crippen LogP contribution in [0.1, 0.15) is 31.5 Å². The van der Waals surface area contributed by atoms with Crippen LogP contribution in [-0.4, -0.2) is 40.0 Å². The van der Waals surface area contributed by atoms with Crippen LogP contribution in [0.3, 0.4) is 0 Å². The van der Waals surface area contributed by atoms with Crippen LogP contribution in [0.2, 0.25) is 0 Å². The summed E-state index contributed by atoms with van der Waals surface area (Å²) >= 11 is 1.46. The summed E-state index contributed by atoms with van der Waals surface area (Å²) in [6.07, 6.45) is 5.05. The summed E-state index contributed by atoms with van der Waals surface area (Å²) in [5.74, 6) is 0.802. The van der Waals surface area contributed by atoms with Crippen molar-refractivity contribution >= 4 is 21.6 Å². The molecule has 2 aromatic heterocycles. The Morgan fingerprint density at radius 3 is 3.19 bits per heavy atom. The van der Waals surface area contributed by atoms with Gasteiger partial charge in [0.15, 0.2) is 0 Å². The van der Waals surface area contributed by atoms with Gasteiger partial charge in [0.2, 0.25) is 0 Å². The number of fused-ring (bicyclic) bond motifs is 1. The largest absolute Gasteiger partial charge is 0.312 e. The third-order valence-corrected chi connectivity index (χ3v) is 5.60. The number of hydrogen-bond acceptors (Lipinski definition) is 5. The quantitative estimate of drug-likeness (QED) is 0.906. The van der Waals surface area contributed by atoms with Gasteiger partial charge in [0, 0.05) is 12.1 Å². The number of hydrogen-bond donors (Lipinski definition) is 2. The van der Waals surface area contributed by atoms with Crippen LogP contribution in [0.5, 0.6) is 0 Å². The van der Waals surface area contributed by atoms with E-state index in [1.54, 1.807) is 0 Å². The van der Waals surface area contributed by atoms with Crippen LogP contribution in [-0.2, 0) is 6.54 Å². The molecule has 2 unspecified atom stereocenters. The molecule has 2 fully saturated rings. The minimum absolute atomic E-state index is 0.000242. The third-order valence-electron chi connectivity index (χ3n) is 4.69. The predicted octanol–water partition coefficient (Wildman–Crippen LogP) is 1.70. The van der Waals surface area contributed by atoms with Gasteiger partial charge < -0.3 is 10.3 Å². The normalized spacial score (nSPS) is 26.9. The lowest BCUT2D eigenvalue weighted by Crippen LogP contribution is -2.43. The number of H-pyrrole nitrogens is 1. The number of aromatic nitrogens is 2. The van der Waals surface area contributed by atoms with Gasteiger partial charge in [-0.3, -0.25) is 9.69 Å². The lowest BCUT2D eigenvalue weighted by molar-refractivity contribution is 0.202. The summed E-state index contributed by atoms with van der Waals surface area (Å²) in [6, 6.07) is 3.14. The number of aromatic amines is 1. The first-order valence-electron chi connectivity index (χ1n) is 7.75. The van der Waals surface area contributed by atoms with Gasteiger partial charge in [-0.25, -0.2) is 4.98 Å². The third kappa shape index (κ3) is 2.52. The van der Waals surface area contributed by atoms with E-state index in [0.717, 1.165) is 35.7 Å². The minimum Gasteiger partial charge on any atom is -0.312 e. The van der Waals surface area contributed by atoms with Crippen molar-refractivity contribution in [3.63, 3.8) is 0 Å². The van der Waals surface area contributed by atoms with E-state index in [-0.39, 0.29) is 5.56 Å². The molecule has 2 atom stereocenters. The summed E-state index contributed by atoms with van der Waals surface area (Å²) in [4.78, 5) is 22.1. The lowest BCUT2D eigenvalue weighted by atomic mass is 10.0. The zero-order chi connectivity index (χ0) is 14.2. The number of nitrogens with zero attached hydrogens (tertiary/aromatic N) is 2. The molecule has 2 saturated heterocycles. The van der Waals surface area contributed by atoms with Crippen molar-refractivity contribution in [2.24, 2.45) is 0 Å². The Kier molecular flexibility index (Phi) is 3.52. The Labute approximate surface area is 127 Å². The molecule has 0 aliphatic carbocycles. The van der Waals surface area contributed by atoms with Gasteiger partial charge in [0.1, 0.15) is 10.5 Å². The van der Waals surface area contributed by atoms with Gasteiger partial charge >= 0.3 is 0 Å². The highest BCUT2D eigenvalue weighted by atomic mass is 32.1. The second-order valence-electron chi connectivity index (χ2n) is 6.03. The predicted molar refractivity (Wildman–Crippen MR) is 84.7 cm³/mol. The number of thiophene rings is 1. The molecule has 5 nitrogen and oxygen atoms in total. The molecule has 0 radical (unpaired) electrons. The first-order valence-corrected chi connectivity index (χ1v) is 8.63. The van der Waals surface area contributed by atoms with Crippen molar-refractivity contribution in [1.82, 2.24) is 20.2 Å². The van der Waals surface area contributed by atoms with Crippen LogP contribution < -0.4 is 10.9 Å². The highest BCUT2D eigenvalue weighted by molar-refractivity contribution is 7.17. The Bertz CT molecular complexity index is 688. The summed E-state index contributed by atoms with van der Waals surface area (Å²) in [6.45, 7) is 3.00. The van der Waals surface area contributed by atoms with E-state index in [4.69, 9.17) is 0 Å². The lowest BCUT2D eigenvalue weighted by Gasteiger charge is -2.29. The number of rotatable bonds is 3. The van der Waals surface area contributed by atoms with E-state index >= 15 is 0 Å². The topological polar surface area (TPSA) is 61.0 Å². The van der Waals surface area contributed by atoms with Crippen LogP contribution >= 0.6 is 11.3 Å². The molecule has 2 aromatic rings. The average Bonchev–Trinajstić information content (AvgIpc) is 3.19. The highest BCUT2D eigenvalue weighted by Gasteiger charge is 2.33. The molecular weight excluding hydrogens is 284 g/mol. The molecular formula is C15H20N4OS.